The molecule has 3 heteroatoms. The monoisotopic (exact) mass is 205 g/mol. The van der Waals surface area contributed by atoms with Gasteiger partial charge in [-0.15, -0.1) is 0 Å². The molecule has 0 amide bonds. The predicted molar refractivity (Wildman–Crippen MR) is 59.3 cm³/mol. The minimum Gasteiger partial charge on any atom is -0.348 e. The van der Waals surface area contributed by atoms with Crippen molar-refractivity contribution in [1.29, 1.82) is 0 Å². The van der Waals surface area contributed by atoms with Crippen LogP contribution in [-0.2, 0) is 6.42 Å². The largest absolute Gasteiger partial charge is 0.348 e. The van der Waals surface area contributed by atoms with E-state index in [1.54, 1.807) is 6.33 Å². The van der Waals surface area contributed by atoms with Crippen LogP contribution in [0.15, 0.2) is 12.5 Å². The van der Waals surface area contributed by atoms with Crippen molar-refractivity contribution in [3.63, 3.8) is 0 Å². The number of imidazole rings is 1. The average Bonchev–Trinajstić information content (AvgIpc) is 2.81. The highest BCUT2D eigenvalue weighted by molar-refractivity contribution is 5.07. The Morgan fingerprint density at radius 3 is 3.27 bits per heavy atom. The van der Waals surface area contributed by atoms with Gasteiger partial charge in [-0.2, -0.15) is 0 Å². The number of nitrogens with zero attached hydrogens (tertiary/aromatic N) is 1. The van der Waals surface area contributed by atoms with Gasteiger partial charge in [0.15, 0.2) is 0 Å². The van der Waals surface area contributed by atoms with Crippen LogP contribution >= 0.6 is 0 Å². The van der Waals surface area contributed by atoms with E-state index in [0.717, 1.165) is 18.3 Å². The summed E-state index contributed by atoms with van der Waals surface area (Å²) in [6.45, 7) is 0. The maximum absolute atomic E-state index is 6.46. The molecule has 82 valence electrons. The summed E-state index contributed by atoms with van der Waals surface area (Å²) >= 11 is 0. The first kappa shape index (κ1) is 9.40. The molecule has 0 aromatic carbocycles. The Labute approximate surface area is 90.5 Å². The van der Waals surface area contributed by atoms with Crippen LogP contribution in [0, 0.1) is 11.8 Å². The molecule has 0 spiro atoms. The number of aromatic nitrogens is 2. The second-order valence-corrected chi connectivity index (χ2v) is 5.41. The first-order valence-corrected chi connectivity index (χ1v) is 6.02. The molecule has 1 heterocycles. The third-order valence-electron chi connectivity index (χ3n) is 4.36. The Kier molecular flexibility index (Phi) is 2.09. The number of hydrogen-bond acceptors (Lipinski definition) is 2. The fourth-order valence-corrected chi connectivity index (χ4v) is 3.68. The zero-order valence-corrected chi connectivity index (χ0v) is 9.08. The summed E-state index contributed by atoms with van der Waals surface area (Å²) in [7, 11) is 0. The molecule has 2 fully saturated rings. The predicted octanol–water partition coefficient (Wildman–Crippen LogP) is 1.86. The molecule has 3 atom stereocenters. The standard InChI is InChI=1S/C12H19N3/c13-12-3-1-2-10(12)4-9(6-12)5-11-7-14-8-15-11/h7-10H,1-6,13H2,(H,14,15). The summed E-state index contributed by atoms with van der Waals surface area (Å²) in [5.74, 6) is 1.58. The van der Waals surface area contributed by atoms with Crippen molar-refractivity contribution in [3.05, 3.63) is 18.2 Å². The van der Waals surface area contributed by atoms with Crippen molar-refractivity contribution in [3.8, 4) is 0 Å². The van der Waals surface area contributed by atoms with Gasteiger partial charge >= 0.3 is 0 Å². The van der Waals surface area contributed by atoms with E-state index >= 15 is 0 Å². The van der Waals surface area contributed by atoms with Gasteiger partial charge in [0.25, 0.3) is 0 Å². The maximum atomic E-state index is 6.46. The van der Waals surface area contributed by atoms with Crippen molar-refractivity contribution < 1.29 is 0 Å². The van der Waals surface area contributed by atoms with E-state index in [0.29, 0.717) is 0 Å². The molecule has 3 rings (SSSR count). The zero-order chi connectivity index (χ0) is 10.3. The van der Waals surface area contributed by atoms with Crippen LogP contribution in [0.4, 0.5) is 0 Å². The van der Waals surface area contributed by atoms with Gasteiger partial charge in [0.1, 0.15) is 0 Å². The summed E-state index contributed by atoms with van der Waals surface area (Å²) in [5, 5.41) is 0. The van der Waals surface area contributed by atoms with Gasteiger partial charge in [-0.25, -0.2) is 4.98 Å². The number of fused-ring (bicyclic) bond motifs is 1. The van der Waals surface area contributed by atoms with E-state index in [1.807, 2.05) is 6.20 Å². The van der Waals surface area contributed by atoms with E-state index in [1.165, 1.54) is 37.8 Å². The molecule has 2 saturated carbocycles. The quantitative estimate of drug-likeness (QED) is 0.774. The van der Waals surface area contributed by atoms with Crippen molar-refractivity contribution in [2.45, 2.75) is 44.1 Å². The van der Waals surface area contributed by atoms with Crippen molar-refractivity contribution >= 4 is 0 Å². The molecule has 3 N–H and O–H groups in total. The van der Waals surface area contributed by atoms with Gasteiger partial charge in [0.2, 0.25) is 0 Å². The molecule has 0 bridgehead atoms. The summed E-state index contributed by atoms with van der Waals surface area (Å²) < 4.78 is 0. The number of aromatic amines is 1. The van der Waals surface area contributed by atoms with Crippen LogP contribution in [0.5, 0.6) is 0 Å². The summed E-state index contributed by atoms with van der Waals surface area (Å²) in [6, 6.07) is 0. The first-order chi connectivity index (χ1) is 7.26. The Hall–Kier alpha value is -0.830. The molecular formula is C12H19N3. The van der Waals surface area contributed by atoms with Crippen LogP contribution in [0.1, 0.15) is 37.8 Å². The van der Waals surface area contributed by atoms with E-state index in [4.69, 9.17) is 5.73 Å². The molecule has 0 radical (unpaired) electrons. The van der Waals surface area contributed by atoms with Crippen LogP contribution in [0.3, 0.4) is 0 Å². The molecule has 15 heavy (non-hydrogen) atoms. The summed E-state index contributed by atoms with van der Waals surface area (Å²) in [5.41, 5.74) is 7.91. The third kappa shape index (κ3) is 1.59. The van der Waals surface area contributed by atoms with E-state index in [-0.39, 0.29) is 5.54 Å². The van der Waals surface area contributed by atoms with Gasteiger partial charge in [-0.3, -0.25) is 0 Å². The molecule has 1 aromatic rings. The zero-order valence-electron chi connectivity index (χ0n) is 9.08. The molecule has 0 aliphatic heterocycles. The Morgan fingerprint density at radius 1 is 1.60 bits per heavy atom. The van der Waals surface area contributed by atoms with Crippen LogP contribution in [0.2, 0.25) is 0 Å². The molecular weight excluding hydrogens is 186 g/mol. The number of nitrogens with two attached hydrogens (primary N) is 1. The van der Waals surface area contributed by atoms with Gasteiger partial charge in [-0.05, 0) is 43.9 Å². The molecule has 0 saturated heterocycles. The summed E-state index contributed by atoms with van der Waals surface area (Å²) in [6.07, 6.45) is 11.3. The van der Waals surface area contributed by atoms with Crippen molar-refractivity contribution in [1.82, 2.24) is 9.97 Å². The van der Waals surface area contributed by atoms with Crippen LogP contribution in [-0.4, -0.2) is 15.5 Å². The third-order valence-corrected chi connectivity index (χ3v) is 4.36. The van der Waals surface area contributed by atoms with E-state index in [2.05, 4.69) is 9.97 Å². The second-order valence-electron chi connectivity index (χ2n) is 5.41. The number of rotatable bonds is 2. The van der Waals surface area contributed by atoms with Gasteiger partial charge < -0.3 is 10.7 Å². The lowest BCUT2D eigenvalue weighted by Gasteiger charge is -2.23. The van der Waals surface area contributed by atoms with Crippen LogP contribution in [0.25, 0.3) is 0 Å². The molecule has 2 aliphatic carbocycles. The molecule has 3 unspecified atom stereocenters. The Balaban J connectivity index is 1.67. The minimum atomic E-state index is 0.185. The van der Waals surface area contributed by atoms with Gasteiger partial charge in [0.05, 0.1) is 6.33 Å². The topological polar surface area (TPSA) is 54.7 Å². The minimum absolute atomic E-state index is 0.185. The fourth-order valence-electron chi connectivity index (χ4n) is 3.68. The molecule has 3 nitrogen and oxygen atoms in total. The van der Waals surface area contributed by atoms with Crippen molar-refractivity contribution in [2.75, 3.05) is 0 Å². The lowest BCUT2D eigenvalue weighted by atomic mass is 9.91. The van der Waals surface area contributed by atoms with Crippen molar-refractivity contribution in [2.24, 2.45) is 17.6 Å². The number of nitrogens with one attached hydrogen (secondary N) is 1. The molecule has 1 aromatic heterocycles. The van der Waals surface area contributed by atoms with Gasteiger partial charge in [-0.1, -0.05) is 6.42 Å². The highest BCUT2D eigenvalue weighted by Gasteiger charge is 2.46. The highest BCUT2D eigenvalue weighted by Crippen LogP contribution is 2.48. The van der Waals surface area contributed by atoms with E-state index in [9.17, 15) is 0 Å². The lowest BCUT2D eigenvalue weighted by molar-refractivity contribution is 0.368. The highest BCUT2D eigenvalue weighted by atomic mass is 14.9. The lowest BCUT2D eigenvalue weighted by Crippen LogP contribution is -2.39. The summed E-state index contributed by atoms with van der Waals surface area (Å²) in [4.78, 5) is 7.26. The number of H-pyrrole nitrogens is 1. The Morgan fingerprint density at radius 2 is 2.53 bits per heavy atom. The van der Waals surface area contributed by atoms with E-state index < -0.39 is 0 Å². The Bertz CT molecular complexity index is 333. The SMILES string of the molecule is NC12CCCC1CC(Cc1cnc[nH]1)C2. The second kappa shape index (κ2) is 3.34. The smallest absolute Gasteiger partial charge is 0.0921 e. The van der Waals surface area contributed by atoms with Gasteiger partial charge in [0, 0.05) is 17.4 Å². The normalized spacial score (nSPS) is 39.5. The van der Waals surface area contributed by atoms with Crippen LogP contribution < -0.4 is 5.73 Å². The maximum Gasteiger partial charge on any atom is 0.0921 e. The first-order valence-electron chi connectivity index (χ1n) is 6.02. The average molecular weight is 205 g/mol. The number of hydrogen-bond donors (Lipinski definition) is 2. The molecule has 2 aliphatic rings. The fraction of sp³-hybridized carbons (Fsp3) is 0.750.